The normalized spacial score (nSPS) is 11.2. The molecule has 0 unspecified atom stereocenters. The molecule has 0 aromatic heterocycles. The van der Waals surface area contributed by atoms with E-state index in [0.717, 1.165) is 15.7 Å². The monoisotopic (exact) mass is 328 g/mol. The second-order valence-electron chi connectivity index (χ2n) is 5.36. The van der Waals surface area contributed by atoms with E-state index in [9.17, 15) is 4.79 Å². The minimum absolute atomic E-state index is 0.113. The van der Waals surface area contributed by atoms with Gasteiger partial charge in [0.25, 0.3) is 0 Å². The average Bonchev–Trinajstić information content (AvgIpc) is 2.33. The number of halogens is 1. The predicted octanol–water partition coefficient (Wildman–Crippen LogP) is 3.29. The summed E-state index contributed by atoms with van der Waals surface area (Å²) in [7, 11) is 0. The van der Waals surface area contributed by atoms with Crippen LogP contribution in [-0.4, -0.2) is 24.3 Å². The van der Waals surface area contributed by atoms with Crippen LogP contribution in [0.15, 0.2) is 22.7 Å². The number of hydrogen-bond donors (Lipinski definition) is 3. The van der Waals surface area contributed by atoms with Gasteiger partial charge in [-0.25, -0.2) is 4.79 Å². The van der Waals surface area contributed by atoms with Crippen LogP contribution < -0.4 is 10.6 Å². The molecule has 0 aliphatic carbocycles. The summed E-state index contributed by atoms with van der Waals surface area (Å²) < 4.78 is 0.964. The van der Waals surface area contributed by atoms with Crippen molar-refractivity contribution in [2.45, 2.75) is 27.2 Å². The zero-order valence-electron chi connectivity index (χ0n) is 11.6. The first-order valence-corrected chi connectivity index (χ1v) is 7.06. The number of benzene rings is 1. The van der Waals surface area contributed by atoms with Gasteiger partial charge in [0.05, 0.1) is 0 Å². The van der Waals surface area contributed by atoms with Crippen molar-refractivity contribution in [2.24, 2.45) is 5.41 Å². The number of rotatable bonds is 5. The number of hydrogen-bond acceptors (Lipinski definition) is 2. The number of carbonyl (C=O) groups is 1. The highest BCUT2D eigenvalue weighted by Gasteiger charge is 2.18. The molecule has 4 nitrogen and oxygen atoms in total. The van der Waals surface area contributed by atoms with Gasteiger partial charge >= 0.3 is 6.03 Å². The number of anilines is 1. The molecular formula is C14H21BrN2O2. The van der Waals surface area contributed by atoms with Crippen molar-refractivity contribution in [3.8, 4) is 0 Å². The van der Waals surface area contributed by atoms with Gasteiger partial charge in [-0.2, -0.15) is 0 Å². The van der Waals surface area contributed by atoms with Crippen molar-refractivity contribution in [1.82, 2.24) is 5.32 Å². The Morgan fingerprint density at radius 3 is 2.74 bits per heavy atom. The molecule has 0 fully saturated rings. The summed E-state index contributed by atoms with van der Waals surface area (Å²) in [4.78, 5) is 11.8. The summed E-state index contributed by atoms with van der Waals surface area (Å²) in [6.07, 6.45) is 0.656. The third-order valence-corrected chi connectivity index (χ3v) is 3.89. The Morgan fingerprint density at radius 2 is 2.11 bits per heavy atom. The Balaban J connectivity index is 2.54. The summed E-state index contributed by atoms with van der Waals surface area (Å²) in [6, 6.07) is 5.44. The first kappa shape index (κ1) is 16.0. The van der Waals surface area contributed by atoms with Crippen LogP contribution in [0.1, 0.15) is 25.8 Å². The maximum Gasteiger partial charge on any atom is 0.319 e. The first-order valence-electron chi connectivity index (χ1n) is 6.26. The molecular weight excluding hydrogens is 308 g/mol. The Hall–Kier alpha value is -1.07. The summed E-state index contributed by atoms with van der Waals surface area (Å²) in [6.45, 7) is 6.60. The average molecular weight is 329 g/mol. The lowest BCUT2D eigenvalue weighted by Crippen LogP contribution is -2.37. The largest absolute Gasteiger partial charge is 0.396 e. The van der Waals surface area contributed by atoms with Crippen molar-refractivity contribution in [1.29, 1.82) is 0 Å². The van der Waals surface area contributed by atoms with Crippen molar-refractivity contribution >= 4 is 27.6 Å². The van der Waals surface area contributed by atoms with E-state index in [0.29, 0.717) is 13.0 Å². The summed E-state index contributed by atoms with van der Waals surface area (Å²) in [5.74, 6) is 0. The van der Waals surface area contributed by atoms with Crippen molar-refractivity contribution in [3.63, 3.8) is 0 Å². The Labute approximate surface area is 122 Å². The zero-order valence-corrected chi connectivity index (χ0v) is 13.2. The van der Waals surface area contributed by atoms with Crippen LogP contribution in [0.3, 0.4) is 0 Å². The fourth-order valence-electron chi connectivity index (χ4n) is 1.62. The summed E-state index contributed by atoms with van der Waals surface area (Å²) in [5, 5.41) is 14.6. The highest BCUT2D eigenvalue weighted by molar-refractivity contribution is 9.10. The van der Waals surface area contributed by atoms with E-state index in [1.54, 1.807) is 0 Å². The molecule has 5 heteroatoms. The molecule has 106 valence electrons. The van der Waals surface area contributed by atoms with Gasteiger partial charge in [0, 0.05) is 23.3 Å². The highest BCUT2D eigenvalue weighted by atomic mass is 79.9. The van der Waals surface area contributed by atoms with Gasteiger partial charge in [0.1, 0.15) is 0 Å². The van der Waals surface area contributed by atoms with Crippen LogP contribution in [0.25, 0.3) is 0 Å². The fraction of sp³-hybridized carbons (Fsp3) is 0.500. The molecule has 0 atom stereocenters. The second-order valence-corrected chi connectivity index (χ2v) is 6.21. The van der Waals surface area contributed by atoms with Gasteiger partial charge in [-0.05, 0) is 36.5 Å². The Bertz CT molecular complexity index is 447. The molecule has 1 aromatic carbocycles. The van der Waals surface area contributed by atoms with Crippen LogP contribution >= 0.6 is 15.9 Å². The maximum atomic E-state index is 11.8. The summed E-state index contributed by atoms with van der Waals surface area (Å²) in [5.41, 5.74) is 1.66. The Morgan fingerprint density at radius 1 is 1.42 bits per heavy atom. The van der Waals surface area contributed by atoms with Gasteiger partial charge in [0.2, 0.25) is 0 Å². The van der Waals surface area contributed by atoms with Gasteiger partial charge in [0.15, 0.2) is 0 Å². The van der Waals surface area contributed by atoms with Crippen LogP contribution in [0.2, 0.25) is 0 Å². The topological polar surface area (TPSA) is 61.4 Å². The number of aliphatic hydroxyl groups excluding tert-OH is 1. The molecule has 0 aliphatic rings. The number of carbonyl (C=O) groups excluding carboxylic acids is 1. The van der Waals surface area contributed by atoms with E-state index >= 15 is 0 Å². The molecule has 19 heavy (non-hydrogen) atoms. The van der Waals surface area contributed by atoms with E-state index in [2.05, 4.69) is 26.6 Å². The number of aliphatic hydroxyl groups is 1. The van der Waals surface area contributed by atoms with Gasteiger partial charge in [-0.3, -0.25) is 0 Å². The molecule has 0 saturated heterocycles. The smallest absolute Gasteiger partial charge is 0.319 e. The molecule has 0 radical (unpaired) electrons. The van der Waals surface area contributed by atoms with Crippen molar-refractivity contribution in [3.05, 3.63) is 28.2 Å². The van der Waals surface area contributed by atoms with Crippen molar-refractivity contribution in [2.75, 3.05) is 18.5 Å². The molecule has 0 spiro atoms. The second kappa shape index (κ2) is 6.91. The lowest BCUT2D eigenvalue weighted by atomic mass is 9.90. The SMILES string of the molecule is Cc1c(Br)cccc1NC(=O)NCC(C)(C)CCO. The number of nitrogens with one attached hydrogen (secondary N) is 2. The molecule has 1 aromatic rings. The zero-order chi connectivity index (χ0) is 14.5. The maximum absolute atomic E-state index is 11.8. The molecule has 2 amide bonds. The third kappa shape index (κ3) is 5.20. The number of amides is 2. The molecule has 1 rings (SSSR count). The number of urea groups is 1. The van der Waals surface area contributed by atoms with E-state index in [1.807, 2.05) is 39.0 Å². The molecule has 0 heterocycles. The van der Waals surface area contributed by atoms with E-state index < -0.39 is 0 Å². The van der Waals surface area contributed by atoms with E-state index in [1.165, 1.54) is 0 Å². The minimum atomic E-state index is -0.229. The first-order chi connectivity index (χ1) is 8.85. The fourth-order valence-corrected chi connectivity index (χ4v) is 1.99. The van der Waals surface area contributed by atoms with Gasteiger partial charge < -0.3 is 15.7 Å². The van der Waals surface area contributed by atoms with Crippen molar-refractivity contribution < 1.29 is 9.90 Å². The molecule has 3 N–H and O–H groups in total. The molecule has 0 aliphatic heterocycles. The quantitative estimate of drug-likeness (QED) is 0.776. The predicted molar refractivity (Wildman–Crippen MR) is 81.4 cm³/mol. The van der Waals surface area contributed by atoms with Gasteiger partial charge in [-0.15, -0.1) is 0 Å². The third-order valence-electron chi connectivity index (χ3n) is 3.03. The van der Waals surface area contributed by atoms with Crippen LogP contribution in [0.4, 0.5) is 10.5 Å². The standard InChI is InChI=1S/C14H21BrN2O2/c1-10-11(15)5-4-6-12(10)17-13(19)16-9-14(2,3)7-8-18/h4-6,18H,7-9H2,1-3H3,(H2,16,17,19). The minimum Gasteiger partial charge on any atom is -0.396 e. The van der Waals surface area contributed by atoms with E-state index in [-0.39, 0.29) is 18.1 Å². The summed E-state index contributed by atoms with van der Waals surface area (Å²) >= 11 is 3.43. The van der Waals surface area contributed by atoms with E-state index in [4.69, 9.17) is 5.11 Å². The Kier molecular flexibility index (Phi) is 5.82. The van der Waals surface area contributed by atoms with Gasteiger partial charge in [-0.1, -0.05) is 35.8 Å². The lowest BCUT2D eigenvalue weighted by molar-refractivity contribution is 0.204. The van der Waals surface area contributed by atoms with Crippen LogP contribution in [0.5, 0.6) is 0 Å². The van der Waals surface area contributed by atoms with Crippen LogP contribution in [-0.2, 0) is 0 Å². The highest BCUT2D eigenvalue weighted by Crippen LogP contribution is 2.23. The lowest BCUT2D eigenvalue weighted by Gasteiger charge is -2.24. The molecule has 0 saturated carbocycles. The van der Waals surface area contributed by atoms with Crippen LogP contribution in [0, 0.1) is 12.3 Å². The molecule has 0 bridgehead atoms.